The summed E-state index contributed by atoms with van der Waals surface area (Å²) in [6.07, 6.45) is 2.57. The summed E-state index contributed by atoms with van der Waals surface area (Å²) in [5.41, 5.74) is 0.663. The van der Waals surface area contributed by atoms with Crippen LogP contribution in [-0.4, -0.2) is 12.5 Å². The SMILES string of the molecule is C=CCCNC(=O)c1ccccc1Br. The lowest BCUT2D eigenvalue weighted by Gasteiger charge is -2.04. The van der Waals surface area contributed by atoms with Crippen LogP contribution in [0.5, 0.6) is 0 Å². The second-order valence-electron chi connectivity index (χ2n) is 2.81. The Hall–Kier alpha value is -1.09. The fourth-order valence-electron chi connectivity index (χ4n) is 1.03. The van der Waals surface area contributed by atoms with Crippen LogP contribution in [0.15, 0.2) is 41.4 Å². The molecule has 0 bridgehead atoms. The molecule has 0 saturated carbocycles. The van der Waals surface area contributed by atoms with E-state index < -0.39 is 0 Å². The summed E-state index contributed by atoms with van der Waals surface area (Å²) in [7, 11) is 0. The van der Waals surface area contributed by atoms with Gasteiger partial charge in [0.1, 0.15) is 0 Å². The van der Waals surface area contributed by atoms with Gasteiger partial charge in [-0.2, -0.15) is 0 Å². The molecular formula is C11H12BrNO. The van der Waals surface area contributed by atoms with Crippen molar-refractivity contribution in [2.24, 2.45) is 0 Å². The number of rotatable bonds is 4. The van der Waals surface area contributed by atoms with Crippen LogP contribution >= 0.6 is 15.9 Å². The highest BCUT2D eigenvalue weighted by Crippen LogP contribution is 2.15. The van der Waals surface area contributed by atoms with Crippen molar-refractivity contribution in [3.05, 3.63) is 47.0 Å². The Morgan fingerprint density at radius 1 is 1.50 bits per heavy atom. The van der Waals surface area contributed by atoms with E-state index in [9.17, 15) is 4.79 Å². The lowest BCUT2D eigenvalue weighted by molar-refractivity contribution is 0.0953. The number of carbonyl (C=O) groups is 1. The van der Waals surface area contributed by atoms with Crippen LogP contribution in [-0.2, 0) is 0 Å². The maximum atomic E-state index is 11.6. The molecule has 3 heteroatoms. The molecule has 74 valence electrons. The summed E-state index contributed by atoms with van der Waals surface area (Å²) < 4.78 is 0.816. The zero-order valence-corrected chi connectivity index (χ0v) is 9.38. The van der Waals surface area contributed by atoms with Gasteiger partial charge in [0, 0.05) is 11.0 Å². The van der Waals surface area contributed by atoms with Crippen LogP contribution < -0.4 is 5.32 Å². The van der Waals surface area contributed by atoms with Crippen LogP contribution in [0.4, 0.5) is 0 Å². The molecule has 0 spiro atoms. The molecule has 0 fully saturated rings. The van der Waals surface area contributed by atoms with Gasteiger partial charge in [-0.3, -0.25) is 4.79 Å². The van der Waals surface area contributed by atoms with Crippen molar-refractivity contribution >= 4 is 21.8 Å². The van der Waals surface area contributed by atoms with Crippen molar-refractivity contribution in [2.75, 3.05) is 6.54 Å². The molecule has 0 saturated heterocycles. The fourth-order valence-corrected chi connectivity index (χ4v) is 1.49. The smallest absolute Gasteiger partial charge is 0.252 e. The minimum atomic E-state index is -0.0562. The van der Waals surface area contributed by atoms with Crippen molar-refractivity contribution in [2.45, 2.75) is 6.42 Å². The largest absolute Gasteiger partial charge is 0.352 e. The van der Waals surface area contributed by atoms with Crippen LogP contribution in [0.2, 0.25) is 0 Å². The minimum Gasteiger partial charge on any atom is -0.352 e. The van der Waals surface area contributed by atoms with Crippen LogP contribution in [0, 0.1) is 0 Å². The maximum Gasteiger partial charge on any atom is 0.252 e. The first-order valence-corrected chi connectivity index (χ1v) is 5.18. The zero-order valence-electron chi connectivity index (χ0n) is 7.79. The lowest BCUT2D eigenvalue weighted by atomic mass is 10.2. The molecule has 0 aliphatic carbocycles. The van der Waals surface area contributed by atoms with Crippen molar-refractivity contribution < 1.29 is 4.79 Å². The number of benzene rings is 1. The number of halogens is 1. The summed E-state index contributed by atoms with van der Waals surface area (Å²) in [6.45, 7) is 4.22. The quantitative estimate of drug-likeness (QED) is 0.649. The van der Waals surface area contributed by atoms with E-state index in [0.717, 1.165) is 10.9 Å². The summed E-state index contributed by atoms with van der Waals surface area (Å²) in [5, 5.41) is 2.80. The molecule has 1 amide bonds. The van der Waals surface area contributed by atoms with Gasteiger partial charge in [0.15, 0.2) is 0 Å². The van der Waals surface area contributed by atoms with Gasteiger partial charge in [-0.05, 0) is 34.5 Å². The van der Waals surface area contributed by atoms with E-state index in [0.29, 0.717) is 12.1 Å². The first-order chi connectivity index (χ1) is 6.75. The highest BCUT2D eigenvalue weighted by Gasteiger charge is 2.06. The average Bonchev–Trinajstić information content (AvgIpc) is 2.18. The van der Waals surface area contributed by atoms with E-state index >= 15 is 0 Å². The zero-order chi connectivity index (χ0) is 10.4. The van der Waals surface area contributed by atoms with Crippen molar-refractivity contribution in [3.63, 3.8) is 0 Å². The number of amides is 1. The van der Waals surface area contributed by atoms with Gasteiger partial charge in [0.25, 0.3) is 5.91 Å². The Morgan fingerprint density at radius 3 is 2.86 bits per heavy atom. The maximum absolute atomic E-state index is 11.6. The number of nitrogens with one attached hydrogen (secondary N) is 1. The van der Waals surface area contributed by atoms with Gasteiger partial charge in [-0.25, -0.2) is 0 Å². The van der Waals surface area contributed by atoms with Gasteiger partial charge >= 0.3 is 0 Å². The second kappa shape index (κ2) is 5.60. The standard InChI is InChI=1S/C11H12BrNO/c1-2-3-8-13-11(14)9-6-4-5-7-10(9)12/h2,4-7H,1,3,8H2,(H,13,14). The normalized spacial score (nSPS) is 9.50. The molecule has 1 aromatic carbocycles. The molecule has 0 aliphatic heterocycles. The third-order valence-corrected chi connectivity index (χ3v) is 2.44. The molecule has 1 aromatic rings. The minimum absolute atomic E-state index is 0.0562. The molecule has 2 nitrogen and oxygen atoms in total. The van der Waals surface area contributed by atoms with E-state index in [4.69, 9.17) is 0 Å². The predicted octanol–water partition coefficient (Wildman–Crippen LogP) is 2.76. The first-order valence-electron chi connectivity index (χ1n) is 4.39. The topological polar surface area (TPSA) is 29.1 Å². The van der Waals surface area contributed by atoms with Gasteiger partial charge in [-0.15, -0.1) is 6.58 Å². The third-order valence-electron chi connectivity index (χ3n) is 1.75. The van der Waals surface area contributed by atoms with Crippen molar-refractivity contribution in [3.8, 4) is 0 Å². The molecule has 1 rings (SSSR count). The third kappa shape index (κ3) is 3.00. The van der Waals surface area contributed by atoms with Crippen molar-refractivity contribution in [1.82, 2.24) is 5.32 Å². The molecule has 0 aromatic heterocycles. The summed E-state index contributed by atoms with van der Waals surface area (Å²) in [5.74, 6) is -0.0562. The van der Waals surface area contributed by atoms with Crippen molar-refractivity contribution in [1.29, 1.82) is 0 Å². The number of hydrogen-bond acceptors (Lipinski definition) is 1. The first kappa shape index (κ1) is 11.0. The Kier molecular flexibility index (Phi) is 4.40. The number of carbonyl (C=O) groups excluding carboxylic acids is 1. The van der Waals surface area contributed by atoms with E-state index in [1.807, 2.05) is 18.2 Å². The lowest BCUT2D eigenvalue weighted by Crippen LogP contribution is -2.24. The van der Waals surface area contributed by atoms with E-state index in [1.165, 1.54) is 0 Å². The molecule has 14 heavy (non-hydrogen) atoms. The Morgan fingerprint density at radius 2 is 2.21 bits per heavy atom. The van der Waals surface area contributed by atoms with Gasteiger partial charge < -0.3 is 5.32 Å². The highest BCUT2D eigenvalue weighted by molar-refractivity contribution is 9.10. The highest BCUT2D eigenvalue weighted by atomic mass is 79.9. The van der Waals surface area contributed by atoms with E-state index in [-0.39, 0.29) is 5.91 Å². The van der Waals surface area contributed by atoms with E-state index in [2.05, 4.69) is 27.8 Å². The molecule has 0 radical (unpaired) electrons. The molecule has 0 aliphatic rings. The monoisotopic (exact) mass is 253 g/mol. The van der Waals surface area contributed by atoms with Crippen LogP contribution in [0.25, 0.3) is 0 Å². The second-order valence-corrected chi connectivity index (χ2v) is 3.67. The Labute approximate surface area is 92.1 Å². The summed E-state index contributed by atoms with van der Waals surface area (Å²) in [6, 6.07) is 7.35. The molecule has 0 unspecified atom stereocenters. The molecule has 1 N–H and O–H groups in total. The number of hydrogen-bond donors (Lipinski definition) is 1. The predicted molar refractivity (Wildman–Crippen MR) is 61.3 cm³/mol. The van der Waals surface area contributed by atoms with Gasteiger partial charge in [0.05, 0.1) is 5.56 Å². The fraction of sp³-hybridized carbons (Fsp3) is 0.182. The van der Waals surface area contributed by atoms with Crippen LogP contribution in [0.3, 0.4) is 0 Å². The van der Waals surface area contributed by atoms with Crippen LogP contribution in [0.1, 0.15) is 16.8 Å². The summed E-state index contributed by atoms with van der Waals surface area (Å²) in [4.78, 5) is 11.6. The average molecular weight is 254 g/mol. The van der Waals surface area contributed by atoms with E-state index in [1.54, 1.807) is 12.1 Å². The van der Waals surface area contributed by atoms with Gasteiger partial charge in [-0.1, -0.05) is 18.2 Å². The molecule has 0 atom stereocenters. The molecular weight excluding hydrogens is 242 g/mol. The Balaban J connectivity index is 2.60. The molecule has 0 heterocycles. The summed E-state index contributed by atoms with van der Waals surface area (Å²) >= 11 is 3.32. The van der Waals surface area contributed by atoms with Gasteiger partial charge in [0.2, 0.25) is 0 Å². The Bertz CT molecular complexity index is 336.